The number of aromatic nitrogens is 3. The van der Waals surface area contributed by atoms with Crippen molar-refractivity contribution in [2.75, 3.05) is 24.9 Å². The second kappa shape index (κ2) is 8.08. The summed E-state index contributed by atoms with van der Waals surface area (Å²) in [7, 11) is 3.22. The number of methoxy groups -OCH3 is 2. The molecule has 0 aliphatic heterocycles. The van der Waals surface area contributed by atoms with Crippen molar-refractivity contribution in [2.45, 2.75) is 39.1 Å². The van der Waals surface area contributed by atoms with Crippen LogP contribution in [0.1, 0.15) is 26.7 Å². The Balaban J connectivity index is 2.81. The van der Waals surface area contributed by atoms with E-state index < -0.39 is 0 Å². The van der Waals surface area contributed by atoms with Crippen LogP contribution in [0.2, 0.25) is 5.28 Å². The van der Waals surface area contributed by atoms with E-state index in [2.05, 4.69) is 25.6 Å². The van der Waals surface area contributed by atoms with Gasteiger partial charge in [-0.25, -0.2) is 0 Å². The van der Waals surface area contributed by atoms with Crippen molar-refractivity contribution in [3.05, 3.63) is 5.28 Å². The van der Waals surface area contributed by atoms with Gasteiger partial charge in [-0.15, -0.1) is 0 Å². The maximum atomic E-state index is 5.87. The van der Waals surface area contributed by atoms with Gasteiger partial charge in [-0.3, -0.25) is 0 Å². The fourth-order valence-electron chi connectivity index (χ4n) is 1.42. The van der Waals surface area contributed by atoms with Crippen molar-refractivity contribution in [2.24, 2.45) is 0 Å². The van der Waals surface area contributed by atoms with E-state index in [4.69, 9.17) is 21.1 Å². The largest absolute Gasteiger partial charge is 0.362 e. The average molecular weight is 290 g/mol. The molecule has 1 rings (SSSR count). The molecule has 1 aromatic heterocycles. The predicted molar refractivity (Wildman–Crippen MR) is 74.3 cm³/mol. The zero-order valence-corrected chi connectivity index (χ0v) is 12.4. The minimum absolute atomic E-state index is 0.108. The third kappa shape index (κ3) is 5.14. The van der Waals surface area contributed by atoms with Crippen molar-refractivity contribution in [3.8, 4) is 0 Å². The van der Waals surface area contributed by atoms with Gasteiger partial charge in [0.15, 0.2) is 0 Å². The van der Waals surface area contributed by atoms with E-state index in [9.17, 15) is 0 Å². The second-order valence-electron chi connectivity index (χ2n) is 3.81. The Labute approximate surface area is 118 Å². The van der Waals surface area contributed by atoms with Crippen LogP contribution in [0, 0.1) is 0 Å². The number of nitrogens with one attached hydrogen (secondary N) is 2. The number of nitrogens with zero attached hydrogens (tertiary/aromatic N) is 3. The summed E-state index contributed by atoms with van der Waals surface area (Å²) in [5, 5.41) is 6.15. The monoisotopic (exact) mass is 289 g/mol. The summed E-state index contributed by atoms with van der Waals surface area (Å²) >= 11 is 5.87. The van der Waals surface area contributed by atoms with Crippen molar-refractivity contribution in [3.63, 3.8) is 0 Å². The van der Waals surface area contributed by atoms with Gasteiger partial charge in [0.25, 0.3) is 0 Å². The molecule has 8 heteroatoms. The molecule has 108 valence electrons. The van der Waals surface area contributed by atoms with Crippen LogP contribution in [-0.2, 0) is 9.47 Å². The molecule has 2 atom stereocenters. The molecule has 1 heterocycles. The summed E-state index contributed by atoms with van der Waals surface area (Å²) in [6.45, 7) is 3.97. The fraction of sp³-hybridized carbons (Fsp3) is 0.727. The summed E-state index contributed by atoms with van der Waals surface area (Å²) in [6.07, 6.45) is 1.21. The maximum absolute atomic E-state index is 5.87. The van der Waals surface area contributed by atoms with Crippen LogP contribution in [0.4, 0.5) is 11.9 Å². The van der Waals surface area contributed by atoms with Crippen LogP contribution in [0.25, 0.3) is 0 Å². The summed E-state index contributed by atoms with van der Waals surface area (Å²) in [5.41, 5.74) is 0. The third-order valence-electron chi connectivity index (χ3n) is 2.50. The lowest BCUT2D eigenvalue weighted by Crippen LogP contribution is -2.24. The molecular weight excluding hydrogens is 270 g/mol. The van der Waals surface area contributed by atoms with Gasteiger partial charge in [-0.2, -0.15) is 15.0 Å². The predicted octanol–water partition coefficient (Wildman–Crippen LogP) is 2.11. The van der Waals surface area contributed by atoms with Crippen LogP contribution in [0.5, 0.6) is 0 Å². The molecule has 0 saturated heterocycles. The van der Waals surface area contributed by atoms with Crippen LogP contribution in [0.15, 0.2) is 0 Å². The summed E-state index contributed by atoms with van der Waals surface area (Å²) in [5.74, 6) is 0.726. The lowest BCUT2D eigenvalue weighted by molar-refractivity contribution is 0.121. The first-order valence-electron chi connectivity index (χ1n) is 6.13. The molecule has 19 heavy (non-hydrogen) atoms. The molecule has 0 bridgehead atoms. The molecule has 2 N–H and O–H groups in total. The Morgan fingerprint density at radius 3 is 1.68 bits per heavy atom. The van der Waals surface area contributed by atoms with Crippen LogP contribution in [-0.4, -0.2) is 41.6 Å². The first-order valence-corrected chi connectivity index (χ1v) is 6.50. The Morgan fingerprint density at radius 1 is 0.947 bits per heavy atom. The van der Waals surface area contributed by atoms with Crippen LogP contribution >= 0.6 is 11.6 Å². The van der Waals surface area contributed by atoms with E-state index >= 15 is 0 Å². The molecule has 0 aliphatic carbocycles. The highest BCUT2D eigenvalue weighted by Gasteiger charge is 2.11. The van der Waals surface area contributed by atoms with E-state index in [0.717, 1.165) is 12.8 Å². The minimum Gasteiger partial charge on any atom is -0.362 e. The highest BCUT2D eigenvalue weighted by Crippen LogP contribution is 2.13. The average Bonchev–Trinajstić information content (AvgIpc) is 2.41. The molecule has 0 aromatic carbocycles. The van der Waals surface area contributed by atoms with E-state index in [1.165, 1.54) is 0 Å². The van der Waals surface area contributed by atoms with Gasteiger partial charge < -0.3 is 20.1 Å². The number of halogens is 1. The third-order valence-corrected chi connectivity index (χ3v) is 2.67. The Hall–Kier alpha value is -1.18. The van der Waals surface area contributed by atoms with Gasteiger partial charge >= 0.3 is 0 Å². The molecule has 7 nitrogen and oxygen atoms in total. The molecule has 0 aliphatic rings. The Morgan fingerprint density at radius 2 is 1.37 bits per heavy atom. The number of hydrogen-bond acceptors (Lipinski definition) is 7. The quantitative estimate of drug-likeness (QED) is 0.709. The smallest absolute Gasteiger partial charge is 0.230 e. The van der Waals surface area contributed by atoms with E-state index in [-0.39, 0.29) is 17.7 Å². The zero-order valence-electron chi connectivity index (χ0n) is 11.6. The first-order chi connectivity index (χ1) is 9.12. The summed E-state index contributed by atoms with van der Waals surface area (Å²) in [4.78, 5) is 12.2. The SMILES string of the molecule is CCC(Nc1nc(Cl)nc(NC(CC)OC)n1)OC. The molecule has 0 fully saturated rings. The number of ether oxygens (including phenoxy) is 2. The lowest BCUT2D eigenvalue weighted by Gasteiger charge is -2.17. The van der Waals surface area contributed by atoms with Crippen molar-refractivity contribution >= 4 is 23.5 Å². The van der Waals surface area contributed by atoms with Crippen molar-refractivity contribution in [1.82, 2.24) is 15.0 Å². The molecule has 1 aromatic rings. The van der Waals surface area contributed by atoms with Crippen molar-refractivity contribution in [1.29, 1.82) is 0 Å². The molecule has 2 unspecified atom stereocenters. The zero-order chi connectivity index (χ0) is 14.3. The first kappa shape index (κ1) is 15.9. The van der Waals surface area contributed by atoms with Crippen LogP contribution in [0.3, 0.4) is 0 Å². The fourth-order valence-corrected chi connectivity index (χ4v) is 1.58. The van der Waals surface area contributed by atoms with E-state index in [1.807, 2.05) is 13.8 Å². The van der Waals surface area contributed by atoms with E-state index in [0.29, 0.717) is 11.9 Å². The second-order valence-corrected chi connectivity index (χ2v) is 4.14. The maximum Gasteiger partial charge on any atom is 0.230 e. The minimum atomic E-state index is -0.171. The Bertz CT molecular complexity index is 353. The molecule has 0 spiro atoms. The van der Waals surface area contributed by atoms with Crippen molar-refractivity contribution < 1.29 is 9.47 Å². The lowest BCUT2D eigenvalue weighted by atomic mass is 10.4. The standard InChI is InChI=1S/C11H20ClN5O2/c1-5-7(18-3)13-10-15-9(12)16-11(17-10)14-8(6-2)19-4/h7-8H,5-6H2,1-4H3,(H2,13,14,15,16,17). The van der Waals surface area contributed by atoms with Gasteiger partial charge in [-0.05, 0) is 24.4 Å². The van der Waals surface area contributed by atoms with Gasteiger partial charge in [-0.1, -0.05) is 13.8 Å². The van der Waals surface area contributed by atoms with E-state index in [1.54, 1.807) is 14.2 Å². The van der Waals surface area contributed by atoms with Gasteiger partial charge in [0.2, 0.25) is 17.2 Å². The summed E-state index contributed by atoms with van der Waals surface area (Å²) in [6, 6.07) is 0. The van der Waals surface area contributed by atoms with Gasteiger partial charge in [0, 0.05) is 14.2 Å². The highest BCUT2D eigenvalue weighted by molar-refractivity contribution is 6.28. The Kier molecular flexibility index (Phi) is 6.75. The normalized spacial score (nSPS) is 13.9. The molecule has 0 saturated carbocycles. The topological polar surface area (TPSA) is 81.2 Å². The summed E-state index contributed by atoms with van der Waals surface area (Å²) < 4.78 is 10.4. The van der Waals surface area contributed by atoms with Gasteiger partial charge in [0.1, 0.15) is 12.5 Å². The number of hydrogen-bond donors (Lipinski definition) is 2. The number of rotatable bonds is 8. The number of anilines is 2. The molecule has 0 radical (unpaired) electrons. The molecule has 0 amide bonds. The van der Waals surface area contributed by atoms with Crippen LogP contribution < -0.4 is 10.6 Å². The van der Waals surface area contributed by atoms with Gasteiger partial charge in [0.05, 0.1) is 0 Å². The molecular formula is C11H20ClN5O2. The highest BCUT2D eigenvalue weighted by atomic mass is 35.5.